The highest BCUT2D eigenvalue weighted by Crippen LogP contribution is 2.42. The van der Waals surface area contributed by atoms with Crippen LogP contribution in [0.15, 0.2) is 170 Å². The number of fused-ring (bicyclic) bond motifs is 6. The fourth-order valence-corrected chi connectivity index (χ4v) is 7.62. The number of rotatable bonds is 7. The number of para-hydroxylation sites is 1. The lowest BCUT2D eigenvalue weighted by atomic mass is 9.81. The topological polar surface area (TPSA) is 43.6 Å². The van der Waals surface area contributed by atoms with E-state index in [0.717, 1.165) is 46.3 Å². The van der Waals surface area contributed by atoms with E-state index in [0.29, 0.717) is 17.5 Å². The third-order valence-corrected chi connectivity index (χ3v) is 10.00. The summed E-state index contributed by atoms with van der Waals surface area (Å²) in [6, 6.07) is 51.2. The van der Waals surface area contributed by atoms with Crippen molar-refractivity contribution in [3.8, 4) is 45.0 Å². The molecule has 4 heteroatoms. The van der Waals surface area contributed by atoms with Crippen LogP contribution in [0.1, 0.15) is 23.9 Å². The van der Waals surface area contributed by atoms with Crippen LogP contribution in [-0.2, 0) is 12.8 Å². The molecule has 0 aliphatic heterocycles. The minimum absolute atomic E-state index is 0.587. The normalized spacial score (nSPS) is 12.7. The van der Waals surface area contributed by atoms with Crippen LogP contribution >= 0.6 is 0 Å². The molecule has 52 heavy (non-hydrogen) atoms. The number of nitrogens with zero attached hydrogens (tertiary/aromatic N) is 4. The Balaban J connectivity index is 1.19. The minimum atomic E-state index is 0.587. The van der Waals surface area contributed by atoms with E-state index in [2.05, 4.69) is 102 Å². The Morgan fingerprint density at radius 1 is 0.577 bits per heavy atom. The summed E-state index contributed by atoms with van der Waals surface area (Å²) in [7, 11) is 0. The molecule has 0 radical (unpaired) electrons. The van der Waals surface area contributed by atoms with Crippen molar-refractivity contribution < 1.29 is 0 Å². The van der Waals surface area contributed by atoms with Gasteiger partial charge in [0.1, 0.15) is 0 Å². The van der Waals surface area contributed by atoms with Crippen LogP contribution in [0.4, 0.5) is 0 Å². The molecule has 0 fully saturated rings. The standard InChI is InChI=1S/C48H36N4/c1-3-15-38(48-50-46(35-17-6-4-7-18-35)49-47(51-48)36-19-8-5-9-20-36)30-32(2)52-43-25-13-12-23-41(43)42-31-37(28-29-44(42)52)40-24-14-21-34-27-26-33-16-10-11-22-39(33)45(34)40/h3-25,28-31H,2,26-27H2,1H3/b15-3-,38-30+. The van der Waals surface area contributed by atoms with Gasteiger partial charge in [0.25, 0.3) is 0 Å². The first-order valence-corrected chi connectivity index (χ1v) is 17.8. The zero-order chi connectivity index (χ0) is 35.0. The molecule has 0 amide bonds. The second-order valence-electron chi connectivity index (χ2n) is 13.2. The first kappa shape index (κ1) is 31.3. The van der Waals surface area contributed by atoms with Crippen LogP contribution in [0.25, 0.3) is 78.1 Å². The van der Waals surface area contributed by atoms with E-state index in [-0.39, 0.29) is 0 Å². The summed E-state index contributed by atoms with van der Waals surface area (Å²) >= 11 is 0. The SMILES string of the molecule is C=C(/C=C(\C=C/C)c1nc(-c2ccccc2)nc(-c2ccccc2)n1)n1c2ccccc2c2cc(-c3cccc4c3-c3ccccc3CC4)ccc21. The zero-order valence-electron chi connectivity index (χ0n) is 29.0. The monoisotopic (exact) mass is 668 g/mol. The summed E-state index contributed by atoms with van der Waals surface area (Å²) in [6.45, 7) is 6.66. The quantitative estimate of drug-likeness (QED) is 0.159. The Bertz CT molecular complexity index is 2640. The van der Waals surface area contributed by atoms with E-state index < -0.39 is 0 Å². The Morgan fingerprint density at radius 3 is 1.94 bits per heavy atom. The molecule has 0 atom stereocenters. The average Bonchev–Trinajstić information content (AvgIpc) is 3.54. The van der Waals surface area contributed by atoms with E-state index in [9.17, 15) is 0 Å². The molecule has 1 aliphatic carbocycles. The highest BCUT2D eigenvalue weighted by atomic mass is 15.0. The molecule has 1 aliphatic rings. The van der Waals surface area contributed by atoms with Crippen LogP contribution in [0.5, 0.6) is 0 Å². The van der Waals surface area contributed by atoms with Crippen molar-refractivity contribution in [1.29, 1.82) is 0 Å². The predicted molar refractivity (Wildman–Crippen MR) is 217 cm³/mol. The van der Waals surface area contributed by atoms with Gasteiger partial charge in [0.05, 0.1) is 11.0 Å². The molecule has 8 aromatic rings. The lowest BCUT2D eigenvalue weighted by Gasteiger charge is -2.23. The predicted octanol–water partition coefficient (Wildman–Crippen LogP) is 11.9. The third kappa shape index (κ3) is 5.55. The second kappa shape index (κ2) is 13.2. The maximum atomic E-state index is 5.01. The van der Waals surface area contributed by atoms with Gasteiger partial charge in [0, 0.05) is 33.2 Å². The lowest BCUT2D eigenvalue weighted by molar-refractivity contribution is 0.942. The molecule has 0 bridgehead atoms. The van der Waals surface area contributed by atoms with Crippen LogP contribution in [-0.4, -0.2) is 19.5 Å². The van der Waals surface area contributed by atoms with Gasteiger partial charge in [-0.25, -0.2) is 15.0 Å². The summed E-state index contributed by atoms with van der Waals surface area (Å²) in [4.78, 5) is 14.9. The van der Waals surface area contributed by atoms with Crippen molar-refractivity contribution in [2.75, 3.05) is 0 Å². The Kier molecular flexibility index (Phi) is 7.98. The number of aryl methyl sites for hydroxylation is 2. The average molecular weight is 669 g/mol. The van der Waals surface area contributed by atoms with Gasteiger partial charge in [-0.3, -0.25) is 0 Å². The molecule has 0 N–H and O–H groups in total. The summed E-state index contributed by atoms with van der Waals surface area (Å²) in [5.41, 5.74) is 13.8. The second-order valence-corrected chi connectivity index (χ2v) is 13.2. The maximum Gasteiger partial charge on any atom is 0.164 e. The van der Waals surface area contributed by atoms with E-state index in [1.54, 1.807) is 0 Å². The molecule has 0 saturated carbocycles. The molecule has 6 aromatic carbocycles. The number of benzene rings is 6. The highest BCUT2D eigenvalue weighted by molar-refractivity contribution is 6.12. The third-order valence-electron chi connectivity index (χ3n) is 10.00. The highest BCUT2D eigenvalue weighted by Gasteiger charge is 2.21. The number of allylic oxidation sites excluding steroid dienone is 5. The van der Waals surface area contributed by atoms with Gasteiger partial charge in [-0.1, -0.05) is 146 Å². The minimum Gasteiger partial charge on any atom is -0.310 e. The molecule has 2 aromatic heterocycles. The molecule has 0 saturated heterocycles. The number of hydrogen-bond donors (Lipinski definition) is 0. The van der Waals surface area contributed by atoms with Crippen molar-refractivity contribution in [2.24, 2.45) is 0 Å². The summed E-state index contributed by atoms with van der Waals surface area (Å²) in [6.07, 6.45) is 8.29. The molecule has 248 valence electrons. The largest absolute Gasteiger partial charge is 0.310 e. The van der Waals surface area contributed by atoms with Crippen molar-refractivity contribution in [3.05, 3.63) is 187 Å². The summed E-state index contributed by atoms with van der Waals surface area (Å²) in [5, 5.41) is 2.37. The van der Waals surface area contributed by atoms with Crippen molar-refractivity contribution in [2.45, 2.75) is 19.8 Å². The van der Waals surface area contributed by atoms with Gasteiger partial charge in [0.2, 0.25) is 0 Å². The van der Waals surface area contributed by atoms with Gasteiger partial charge in [-0.05, 0) is 77.4 Å². The van der Waals surface area contributed by atoms with Gasteiger partial charge < -0.3 is 4.57 Å². The summed E-state index contributed by atoms with van der Waals surface area (Å²) in [5.74, 6) is 1.84. The van der Waals surface area contributed by atoms with Crippen molar-refractivity contribution in [3.63, 3.8) is 0 Å². The molecule has 0 unspecified atom stereocenters. The van der Waals surface area contributed by atoms with Gasteiger partial charge >= 0.3 is 0 Å². The Morgan fingerprint density at radius 2 is 1.19 bits per heavy atom. The maximum absolute atomic E-state index is 5.01. The van der Waals surface area contributed by atoms with Crippen LogP contribution in [0, 0.1) is 0 Å². The lowest BCUT2D eigenvalue weighted by Crippen LogP contribution is -2.05. The van der Waals surface area contributed by atoms with Crippen molar-refractivity contribution in [1.82, 2.24) is 19.5 Å². The molecule has 0 spiro atoms. The van der Waals surface area contributed by atoms with Crippen molar-refractivity contribution >= 4 is 33.1 Å². The fraction of sp³-hybridized carbons (Fsp3) is 0.0625. The van der Waals surface area contributed by atoms with Gasteiger partial charge in [0.15, 0.2) is 17.5 Å². The smallest absolute Gasteiger partial charge is 0.164 e. The van der Waals surface area contributed by atoms with Crippen LogP contribution in [0.2, 0.25) is 0 Å². The van der Waals surface area contributed by atoms with Crippen LogP contribution in [0.3, 0.4) is 0 Å². The Hall–Kier alpha value is -6.65. The number of aromatic nitrogens is 4. The van der Waals surface area contributed by atoms with Gasteiger partial charge in [-0.2, -0.15) is 0 Å². The zero-order valence-corrected chi connectivity index (χ0v) is 29.0. The molecule has 9 rings (SSSR count). The van der Waals surface area contributed by atoms with E-state index >= 15 is 0 Å². The molecular formula is C48H36N4. The first-order valence-electron chi connectivity index (χ1n) is 17.8. The van der Waals surface area contributed by atoms with E-state index in [4.69, 9.17) is 15.0 Å². The van der Waals surface area contributed by atoms with E-state index in [1.165, 1.54) is 44.2 Å². The fourth-order valence-electron chi connectivity index (χ4n) is 7.62. The molecular weight excluding hydrogens is 633 g/mol. The summed E-state index contributed by atoms with van der Waals surface area (Å²) < 4.78 is 2.26. The van der Waals surface area contributed by atoms with E-state index in [1.807, 2.05) is 79.7 Å². The Labute approximate surface area is 303 Å². The van der Waals surface area contributed by atoms with Gasteiger partial charge in [-0.15, -0.1) is 0 Å². The van der Waals surface area contributed by atoms with Crippen LogP contribution < -0.4 is 0 Å². The number of hydrogen-bond acceptors (Lipinski definition) is 3. The first-order chi connectivity index (χ1) is 25.7. The molecule has 2 heterocycles. The molecule has 4 nitrogen and oxygen atoms in total.